The smallest absolute Gasteiger partial charge is 0.376 e. The van der Waals surface area contributed by atoms with Crippen molar-refractivity contribution in [1.82, 2.24) is 0 Å². The van der Waals surface area contributed by atoms with Crippen LogP contribution in [0.5, 0.6) is 0 Å². The molecule has 0 aliphatic heterocycles. The van der Waals surface area contributed by atoms with E-state index in [1.807, 2.05) is 30.3 Å². The fraction of sp³-hybridized carbons (Fsp3) is 0.167. The number of carbonyl (C=O) groups excluding carboxylic acids is 1. The van der Waals surface area contributed by atoms with E-state index >= 15 is 0 Å². The molecule has 0 aliphatic rings. The highest BCUT2D eigenvalue weighted by Gasteiger charge is 2.04. The number of hydrogen-bond acceptors (Lipinski definition) is 3. The predicted molar refractivity (Wildman–Crippen MR) is 57.9 cm³/mol. The third-order valence-electron chi connectivity index (χ3n) is 1.81. The van der Waals surface area contributed by atoms with Crippen LogP contribution in [0, 0.1) is 0 Å². The van der Waals surface area contributed by atoms with Crippen LogP contribution in [-0.2, 0) is 20.9 Å². The van der Waals surface area contributed by atoms with Crippen molar-refractivity contribution in [2.45, 2.75) is 6.61 Å². The molecule has 0 fully saturated rings. The van der Waals surface area contributed by atoms with Gasteiger partial charge in [0, 0.05) is 0 Å². The van der Waals surface area contributed by atoms with E-state index in [0.29, 0.717) is 6.61 Å². The topological polar surface area (TPSA) is 63.6 Å². The second-order valence-electron chi connectivity index (χ2n) is 3.07. The van der Waals surface area contributed by atoms with Gasteiger partial charge in [-0.05, 0) is 11.6 Å². The standard InChI is InChI=1S/C12H12O4/c13-11(12(14)15)7-4-8-16-9-10-5-2-1-3-6-10/h1-7H,8-9H2,(H,14,15)/b7-4+. The maximum Gasteiger partial charge on any atom is 0.376 e. The van der Waals surface area contributed by atoms with Gasteiger partial charge in [-0.15, -0.1) is 0 Å². The molecule has 4 heteroatoms. The van der Waals surface area contributed by atoms with Crippen molar-refractivity contribution in [2.75, 3.05) is 6.61 Å². The highest BCUT2D eigenvalue weighted by Crippen LogP contribution is 1.99. The second-order valence-corrected chi connectivity index (χ2v) is 3.07. The molecular weight excluding hydrogens is 208 g/mol. The van der Waals surface area contributed by atoms with Crippen LogP contribution in [-0.4, -0.2) is 23.5 Å². The van der Waals surface area contributed by atoms with Gasteiger partial charge in [0.1, 0.15) is 0 Å². The Morgan fingerprint density at radius 1 is 1.25 bits per heavy atom. The van der Waals surface area contributed by atoms with Crippen LogP contribution in [0.2, 0.25) is 0 Å². The molecule has 0 spiro atoms. The van der Waals surface area contributed by atoms with Crippen molar-refractivity contribution in [2.24, 2.45) is 0 Å². The quantitative estimate of drug-likeness (QED) is 0.447. The third-order valence-corrected chi connectivity index (χ3v) is 1.81. The summed E-state index contributed by atoms with van der Waals surface area (Å²) < 4.78 is 5.22. The van der Waals surface area contributed by atoms with Gasteiger partial charge in [-0.1, -0.05) is 36.4 Å². The van der Waals surface area contributed by atoms with E-state index in [1.54, 1.807) is 0 Å². The van der Waals surface area contributed by atoms with Crippen LogP contribution < -0.4 is 0 Å². The van der Waals surface area contributed by atoms with Gasteiger partial charge in [-0.3, -0.25) is 4.79 Å². The van der Waals surface area contributed by atoms with Gasteiger partial charge >= 0.3 is 5.97 Å². The molecule has 0 aromatic heterocycles. The molecule has 0 amide bonds. The summed E-state index contributed by atoms with van der Waals surface area (Å²) in [6.45, 7) is 0.653. The molecular formula is C12H12O4. The molecule has 16 heavy (non-hydrogen) atoms. The zero-order chi connectivity index (χ0) is 11.8. The molecule has 1 rings (SSSR count). The van der Waals surface area contributed by atoms with Crippen LogP contribution in [0.25, 0.3) is 0 Å². The Morgan fingerprint density at radius 3 is 2.56 bits per heavy atom. The first kappa shape index (κ1) is 12.1. The molecule has 0 saturated carbocycles. The first-order valence-electron chi connectivity index (χ1n) is 4.75. The van der Waals surface area contributed by atoms with Gasteiger partial charge in [0.25, 0.3) is 5.78 Å². The zero-order valence-electron chi connectivity index (χ0n) is 8.63. The Hall–Kier alpha value is -1.94. The largest absolute Gasteiger partial charge is 0.475 e. The minimum absolute atomic E-state index is 0.216. The Bertz CT molecular complexity index is 381. The number of rotatable bonds is 6. The summed E-state index contributed by atoms with van der Waals surface area (Å²) in [5.41, 5.74) is 1.03. The predicted octanol–water partition coefficient (Wildman–Crippen LogP) is 1.41. The molecule has 0 radical (unpaired) electrons. The lowest BCUT2D eigenvalue weighted by atomic mass is 10.2. The summed E-state index contributed by atoms with van der Waals surface area (Å²) in [5.74, 6) is -2.40. The Balaban J connectivity index is 2.22. The van der Waals surface area contributed by atoms with Crippen LogP contribution in [0.3, 0.4) is 0 Å². The summed E-state index contributed by atoms with van der Waals surface area (Å²) in [7, 11) is 0. The Kier molecular flexibility index (Phi) is 4.95. The van der Waals surface area contributed by atoms with E-state index in [0.717, 1.165) is 11.6 Å². The van der Waals surface area contributed by atoms with Crippen molar-refractivity contribution >= 4 is 11.8 Å². The third kappa shape index (κ3) is 4.52. The van der Waals surface area contributed by atoms with Gasteiger partial charge in [-0.25, -0.2) is 4.79 Å². The van der Waals surface area contributed by atoms with E-state index < -0.39 is 11.8 Å². The number of benzene rings is 1. The van der Waals surface area contributed by atoms with Gasteiger partial charge in [-0.2, -0.15) is 0 Å². The number of hydrogen-bond donors (Lipinski definition) is 1. The number of carboxylic acids is 1. The molecule has 1 N–H and O–H groups in total. The molecule has 0 aliphatic carbocycles. The second kappa shape index (κ2) is 6.53. The SMILES string of the molecule is O=C(O)C(=O)/C=C/COCc1ccccc1. The van der Waals surface area contributed by atoms with Gasteiger partial charge in [0.15, 0.2) is 0 Å². The lowest BCUT2D eigenvalue weighted by molar-refractivity contribution is -0.146. The van der Waals surface area contributed by atoms with E-state index in [-0.39, 0.29) is 6.61 Å². The Morgan fingerprint density at radius 2 is 1.94 bits per heavy atom. The monoisotopic (exact) mass is 220 g/mol. The van der Waals surface area contributed by atoms with Crippen molar-refractivity contribution in [1.29, 1.82) is 0 Å². The van der Waals surface area contributed by atoms with Gasteiger partial charge in [0.2, 0.25) is 0 Å². The van der Waals surface area contributed by atoms with E-state index in [1.165, 1.54) is 6.08 Å². The van der Waals surface area contributed by atoms with E-state index in [4.69, 9.17) is 9.84 Å². The minimum Gasteiger partial charge on any atom is -0.475 e. The fourth-order valence-corrected chi connectivity index (χ4v) is 1.05. The highest BCUT2D eigenvalue weighted by atomic mass is 16.5. The minimum atomic E-state index is -1.46. The summed E-state index contributed by atoms with van der Waals surface area (Å²) in [4.78, 5) is 20.8. The number of ether oxygens (including phenoxy) is 1. The number of carboxylic acid groups (broad SMARTS) is 1. The normalized spacial score (nSPS) is 10.5. The maximum absolute atomic E-state index is 10.6. The number of carbonyl (C=O) groups is 2. The molecule has 84 valence electrons. The van der Waals surface area contributed by atoms with Gasteiger partial charge in [0.05, 0.1) is 13.2 Å². The molecule has 0 saturated heterocycles. The highest BCUT2D eigenvalue weighted by molar-refractivity contribution is 6.37. The molecule has 4 nitrogen and oxygen atoms in total. The fourth-order valence-electron chi connectivity index (χ4n) is 1.05. The summed E-state index contributed by atoms with van der Waals surface area (Å²) in [5, 5.41) is 8.27. The maximum atomic E-state index is 10.6. The molecule has 0 atom stereocenters. The Labute approximate surface area is 93.2 Å². The van der Waals surface area contributed by atoms with Crippen molar-refractivity contribution in [3.63, 3.8) is 0 Å². The lowest BCUT2D eigenvalue weighted by Gasteiger charge is -2.00. The molecule has 1 aromatic rings. The van der Waals surface area contributed by atoms with Crippen LogP contribution in [0.4, 0.5) is 0 Å². The van der Waals surface area contributed by atoms with Crippen molar-refractivity contribution in [3.8, 4) is 0 Å². The lowest BCUT2D eigenvalue weighted by Crippen LogP contribution is -2.08. The molecule has 0 bridgehead atoms. The van der Waals surface area contributed by atoms with Crippen molar-refractivity contribution < 1.29 is 19.4 Å². The van der Waals surface area contributed by atoms with Gasteiger partial charge < -0.3 is 9.84 Å². The summed E-state index contributed by atoms with van der Waals surface area (Å²) in [6.07, 6.45) is 2.38. The summed E-state index contributed by atoms with van der Waals surface area (Å²) in [6, 6.07) is 9.57. The van der Waals surface area contributed by atoms with E-state index in [2.05, 4.69) is 0 Å². The van der Waals surface area contributed by atoms with Crippen LogP contribution in [0.1, 0.15) is 5.56 Å². The molecule has 1 aromatic carbocycles. The van der Waals surface area contributed by atoms with Crippen molar-refractivity contribution in [3.05, 3.63) is 48.0 Å². The van der Waals surface area contributed by atoms with Crippen LogP contribution in [0.15, 0.2) is 42.5 Å². The van der Waals surface area contributed by atoms with E-state index in [9.17, 15) is 9.59 Å². The molecule has 0 unspecified atom stereocenters. The van der Waals surface area contributed by atoms with Crippen LogP contribution >= 0.6 is 0 Å². The first-order chi connectivity index (χ1) is 7.70. The summed E-state index contributed by atoms with van der Waals surface area (Å²) >= 11 is 0. The number of ketones is 1. The average molecular weight is 220 g/mol. The molecule has 0 heterocycles. The number of aliphatic carboxylic acids is 1. The first-order valence-corrected chi connectivity index (χ1v) is 4.75. The average Bonchev–Trinajstić information content (AvgIpc) is 2.29. The zero-order valence-corrected chi connectivity index (χ0v) is 8.63.